The fourth-order valence-corrected chi connectivity index (χ4v) is 4.25. The van der Waals surface area contributed by atoms with Crippen molar-refractivity contribution in [1.29, 1.82) is 0 Å². The number of thioether (sulfide) groups is 1. The van der Waals surface area contributed by atoms with Gasteiger partial charge in [-0.25, -0.2) is 0 Å². The average molecular weight is 474 g/mol. The van der Waals surface area contributed by atoms with Gasteiger partial charge < -0.3 is 9.80 Å². The van der Waals surface area contributed by atoms with Crippen molar-refractivity contribution in [3.05, 3.63) is 68.7 Å². The number of carbonyl (C=O) groups excluding carboxylic acids is 1. The van der Waals surface area contributed by atoms with Crippen LogP contribution in [-0.2, 0) is 16.7 Å². The molecule has 1 aliphatic rings. The van der Waals surface area contributed by atoms with Crippen LogP contribution in [0.2, 0.25) is 5.02 Å². The Kier molecular flexibility index (Phi) is 7.32. The molecule has 1 aliphatic heterocycles. The van der Waals surface area contributed by atoms with Crippen molar-refractivity contribution < 1.29 is 22.9 Å². The number of alkyl halides is 3. The summed E-state index contributed by atoms with van der Waals surface area (Å²) in [4.78, 5) is 26.3. The lowest BCUT2D eigenvalue weighted by Gasteiger charge is -2.36. The van der Waals surface area contributed by atoms with Crippen molar-refractivity contribution in [1.82, 2.24) is 4.90 Å². The summed E-state index contributed by atoms with van der Waals surface area (Å²) < 4.78 is 38.7. The smallest absolute Gasteiger partial charge is 0.362 e. The number of benzene rings is 2. The van der Waals surface area contributed by atoms with Gasteiger partial charge in [0, 0.05) is 43.0 Å². The summed E-state index contributed by atoms with van der Waals surface area (Å²) in [6.45, 7) is 1.30. The lowest BCUT2D eigenvalue weighted by molar-refractivity contribution is -0.384. The Labute approximate surface area is 186 Å². The summed E-state index contributed by atoms with van der Waals surface area (Å²) in [5.74, 6) is 0.921. The van der Waals surface area contributed by atoms with Gasteiger partial charge in [0.05, 0.1) is 16.2 Å². The molecule has 1 heterocycles. The van der Waals surface area contributed by atoms with Gasteiger partial charge >= 0.3 is 6.18 Å². The van der Waals surface area contributed by atoms with E-state index in [1.54, 1.807) is 21.9 Å². The van der Waals surface area contributed by atoms with E-state index in [0.29, 0.717) is 48.8 Å². The molecule has 11 heteroatoms. The minimum Gasteiger partial charge on any atom is -0.362 e. The average Bonchev–Trinajstić information content (AvgIpc) is 2.74. The van der Waals surface area contributed by atoms with Crippen molar-refractivity contribution in [3.8, 4) is 0 Å². The third kappa shape index (κ3) is 6.04. The van der Waals surface area contributed by atoms with E-state index in [0.717, 1.165) is 17.7 Å². The minimum absolute atomic E-state index is 0.0412. The van der Waals surface area contributed by atoms with E-state index >= 15 is 0 Å². The van der Waals surface area contributed by atoms with Crippen LogP contribution in [0.5, 0.6) is 0 Å². The van der Waals surface area contributed by atoms with Crippen LogP contribution in [0.4, 0.5) is 24.5 Å². The number of rotatable bonds is 6. The van der Waals surface area contributed by atoms with Crippen LogP contribution >= 0.6 is 23.4 Å². The molecular formula is C20H19ClF3N3O3S. The molecule has 0 bridgehead atoms. The van der Waals surface area contributed by atoms with Crippen LogP contribution in [0.3, 0.4) is 0 Å². The zero-order chi connectivity index (χ0) is 22.6. The second kappa shape index (κ2) is 9.78. The summed E-state index contributed by atoms with van der Waals surface area (Å²) in [5.41, 5.74) is -0.466. The van der Waals surface area contributed by atoms with E-state index in [1.165, 1.54) is 11.8 Å². The summed E-state index contributed by atoms with van der Waals surface area (Å²) in [7, 11) is 0. The van der Waals surface area contributed by atoms with Gasteiger partial charge in [-0.1, -0.05) is 23.7 Å². The number of piperazine rings is 1. The first-order valence-corrected chi connectivity index (χ1v) is 10.9. The summed E-state index contributed by atoms with van der Waals surface area (Å²) in [6.07, 6.45) is -4.65. The fraction of sp³-hybridized carbons (Fsp3) is 0.350. The highest BCUT2D eigenvalue weighted by molar-refractivity contribution is 7.99. The normalized spacial score (nSPS) is 14.6. The SMILES string of the molecule is O=C(CSCc1ccc(Cl)cc1)N1CCN(c2ccc(C(F)(F)F)cc2[N+](=O)[O-])CC1. The predicted octanol–water partition coefficient (Wildman–Crippen LogP) is 4.85. The Bertz CT molecular complexity index is 949. The molecule has 6 nitrogen and oxygen atoms in total. The maximum absolute atomic E-state index is 12.9. The van der Waals surface area contributed by atoms with E-state index in [4.69, 9.17) is 11.6 Å². The molecule has 0 N–H and O–H groups in total. The lowest BCUT2D eigenvalue weighted by atomic mass is 10.1. The predicted molar refractivity (Wildman–Crippen MR) is 115 cm³/mol. The Morgan fingerprint density at radius 1 is 1.10 bits per heavy atom. The molecule has 2 aromatic rings. The van der Waals surface area contributed by atoms with E-state index in [2.05, 4.69) is 0 Å². The maximum Gasteiger partial charge on any atom is 0.416 e. The summed E-state index contributed by atoms with van der Waals surface area (Å²) >= 11 is 7.33. The third-order valence-electron chi connectivity index (χ3n) is 4.88. The molecule has 0 unspecified atom stereocenters. The van der Waals surface area contributed by atoms with E-state index in [-0.39, 0.29) is 11.6 Å². The topological polar surface area (TPSA) is 66.7 Å². The Hall–Kier alpha value is -2.46. The second-order valence-electron chi connectivity index (χ2n) is 6.95. The quantitative estimate of drug-likeness (QED) is 0.443. The summed E-state index contributed by atoms with van der Waals surface area (Å²) in [5, 5.41) is 12.0. The van der Waals surface area contributed by atoms with Gasteiger partial charge in [0.25, 0.3) is 5.69 Å². The second-order valence-corrected chi connectivity index (χ2v) is 8.37. The van der Waals surface area contributed by atoms with Gasteiger partial charge in [0.1, 0.15) is 5.69 Å². The monoisotopic (exact) mass is 473 g/mol. The molecule has 0 aliphatic carbocycles. The molecule has 166 valence electrons. The Morgan fingerprint density at radius 2 is 1.74 bits per heavy atom. The van der Waals surface area contributed by atoms with Crippen LogP contribution in [0.1, 0.15) is 11.1 Å². The Morgan fingerprint density at radius 3 is 2.32 bits per heavy atom. The van der Waals surface area contributed by atoms with Crippen LogP contribution in [0.25, 0.3) is 0 Å². The number of hydrogen-bond acceptors (Lipinski definition) is 5. The fourth-order valence-electron chi connectivity index (χ4n) is 3.24. The molecule has 31 heavy (non-hydrogen) atoms. The van der Waals surface area contributed by atoms with Crippen LogP contribution < -0.4 is 4.90 Å². The Balaban J connectivity index is 1.55. The number of carbonyl (C=O) groups is 1. The number of halogens is 4. The first kappa shape index (κ1) is 23.2. The molecule has 0 saturated carbocycles. The van der Waals surface area contributed by atoms with Gasteiger partial charge in [0.2, 0.25) is 5.91 Å². The first-order valence-electron chi connectivity index (χ1n) is 9.35. The molecule has 0 atom stereocenters. The molecule has 1 amide bonds. The molecule has 0 spiro atoms. The van der Waals surface area contributed by atoms with Crippen molar-refractivity contribution in [3.63, 3.8) is 0 Å². The number of nitrogens with zero attached hydrogens (tertiary/aromatic N) is 3. The summed E-state index contributed by atoms with van der Waals surface area (Å²) in [6, 6.07) is 9.90. The zero-order valence-corrected chi connectivity index (χ0v) is 17.8. The first-order chi connectivity index (χ1) is 14.6. The van der Waals surface area contributed by atoms with E-state index in [1.807, 2.05) is 12.1 Å². The minimum atomic E-state index is -4.65. The third-order valence-corrected chi connectivity index (χ3v) is 6.12. The molecule has 3 rings (SSSR count). The van der Waals surface area contributed by atoms with Gasteiger partial charge in [0.15, 0.2) is 0 Å². The largest absolute Gasteiger partial charge is 0.416 e. The molecular weight excluding hydrogens is 455 g/mol. The zero-order valence-electron chi connectivity index (χ0n) is 16.3. The number of anilines is 1. The number of nitro benzene ring substituents is 1. The molecule has 0 radical (unpaired) electrons. The van der Waals surface area contributed by atoms with Gasteiger partial charge in [-0.15, -0.1) is 11.8 Å². The van der Waals surface area contributed by atoms with Gasteiger partial charge in [-0.3, -0.25) is 14.9 Å². The highest BCUT2D eigenvalue weighted by Gasteiger charge is 2.34. The van der Waals surface area contributed by atoms with Crippen molar-refractivity contribution in [2.45, 2.75) is 11.9 Å². The van der Waals surface area contributed by atoms with E-state index < -0.39 is 22.4 Å². The van der Waals surface area contributed by atoms with Crippen molar-refractivity contribution in [2.24, 2.45) is 0 Å². The highest BCUT2D eigenvalue weighted by atomic mass is 35.5. The molecule has 1 saturated heterocycles. The lowest BCUT2D eigenvalue weighted by Crippen LogP contribution is -2.49. The van der Waals surface area contributed by atoms with Gasteiger partial charge in [-0.05, 0) is 29.8 Å². The highest BCUT2D eigenvalue weighted by Crippen LogP contribution is 2.36. The van der Waals surface area contributed by atoms with Crippen molar-refractivity contribution >= 4 is 40.6 Å². The number of amides is 1. The standard InChI is InChI=1S/C20H19ClF3N3O3S/c21-16-4-1-14(2-5-16)12-31-13-19(28)26-9-7-25(8-10-26)17-6-3-15(20(22,23)24)11-18(17)27(29)30/h1-6,11H,7-10,12-13H2. The van der Waals surface area contributed by atoms with Crippen LogP contribution in [-0.4, -0.2) is 47.7 Å². The van der Waals surface area contributed by atoms with Crippen LogP contribution in [0, 0.1) is 10.1 Å². The van der Waals surface area contributed by atoms with Crippen LogP contribution in [0.15, 0.2) is 42.5 Å². The van der Waals surface area contributed by atoms with Gasteiger partial charge in [-0.2, -0.15) is 13.2 Å². The molecule has 2 aromatic carbocycles. The molecule has 1 fully saturated rings. The van der Waals surface area contributed by atoms with Crippen molar-refractivity contribution in [2.75, 3.05) is 36.8 Å². The van der Waals surface area contributed by atoms with E-state index in [9.17, 15) is 28.1 Å². The number of hydrogen-bond donors (Lipinski definition) is 0. The number of nitro groups is 1. The maximum atomic E-state index is 12.9. The molecule has 0 aromatic heterocycles.